The Morgan fingerprint density at radius 1 is 0.921 bits per heavy atom. The van der Waals surface area contributed by atoms with Crippen molar-refractivity contribution in [3.63, 3.8) is 0 Å². The van der Waals surface area contributed by atoms with Gasteiger partial charge in [0, 0.05) is 49.7 Å². The highest BCUT2D eigenvalue weighted by Gasteiger charge is 2.24. The number of carbonyl (C=O) groups is 3. The molecule has 1 N–H and O–H groups in total. The number of hydrogen-bond acceptors (Lipinski definition) is 4. The van der Waals surface area contributed by atoms with Gasteiger partial charge in [-0.2, -0.15) is 0 Å². The Morgan fingerprint density at radius 2 is 1.63 bits per heavy atom. The number of nitrogens with one attached hydrogen (secondary N) is 1. The fourth-order valence-corrected chi connectivity index (χ4v) is 4.28. The standard InChI is InChI=1S/C29H28F2N4O3/c1-2-14-35(28(37)21-6-5-7-22(30)19-21)20-27(36)32-23-10-12-24(13-11-23)33-15-17-34(18-16-33)29(38)25-8-3-4-9-26(25)31/h2-13,19H,1,14-18,20H2,(H,32,36). The highest BCUT2D eigenvalue weighted by Crippen LogP contribution is 2.21. The van der Waals surface area contributed by atoms with Gasteiger partial charge in [-0.15, -0.1) is 6.58 Å². The summed E-state index contributed by atoms with van der Waals surface area (Å²) in [6.07, 6.45) is 1.50. The molecule has 4 rings (SSSR count). The summed E-state index contributed by atoms with van der Waals surface area (Å²) in [5.41, 5.74) is 1.71. The van der Waals surface area contributed by atoms with Crippen LogP contribution in [0.5, 0.6) is 0 Å². The molecule has 0 unspecified atom stereocenters. The number of piperazine rings is 1. The third kappa shape index (κ3) is 6.42. The molecule has 0 aliphatic carbocycles. The minimum Gasteiger partial charge on any atom is -0.368 e. The smallest absolute Gasteiger partial charge is 0.256 e. The zero-order valence-electron chi connectivity index (χ0n) is 20.8. The van der Waals surface area contributed by atoms with Crippen LogP contribution < -0.4 is 10.2 Å². The van der Waals surface area contributed by atoms with Crippen LogP contribution in [0.25, 0.3) is 0 Å². The lowest BCUT2D eigenvalue weighted by molar-refractivity contribution is -0.116. The van der Waals surface area contributed by atoms with Crippen LogP contribution in [0.1, 0.15) is 20.7 Å². The fraction of sp³-hybridized carbons (Fsp3) is 0.207. The third-order valence-corrected chi connectivity index (χ3v) is 6.23. The minimum absolute atomic E-state index is 0.0744. The third-order valence-electron chi connectivity index (χ3n) is 6.23. The van der Waals surface area contributed by atoms with Crippen molar-refractivity contribution in [2.75, 3.05) is 49.5 Å². The van der Waals surface area contributed by atoms with Crippen molar-refractivity contribution >= 4 is 29.1 Å². The van der Waals surface area contributed by atoms with Gasteiger partial charge in [-0.1, -0.05) is 24.3 Å². The van der Waals surface area contributed by atoms with Crippen molar-refractivity contribution in [2.45, 2.75) is 0 Å². The van der Waals surface area contributed by atoms with Gasteiger partial charge < -0.3 is 20.0 Å². The molecule has 0 saturated carbocycles. The summed E-state index contributed by atoms with van der Waals surface area (Å²) in [4.78, 5) is 43.1. The number of nitrogens with zero attached hydrogens (tertiary/aromatic N) is 3. The average molecular weight is 519 g/mol. The van der Waals surface area contributed by atoms with E-state index in [2.05, 4.69) is 16.8 Å². The van der Waals surface area contributed by atoms with Crippen molar-refractivity contribution in [3.05, 3.63) is 108 Å². The van der Waals surface area contributed by atoms with Crippen molar-refractivity contribution in [3.8, 4) is 0 Å². The van der Waals surface area contributed by atoms with Gasteiger partial charge in [0.25, 0.3) is 11.8 Å². The van der Waals surface area contributed by atoms with Crippen LogP contribution in [-0.4, -0.2) is 66.8 Å². The molecule has 7 nitrogen and oxygen atoms in total. The van der Waals surface area contributed by atoms with E-state index in [1.807, 2.05) is 12.1 Å². The molecule has 1 heterocycles. The van der Waals surface area contributed by atoms with E-state index in [4.69, 9.17) is 0 Å². The Hall–Kier alpha value is -4.53. The number of amides is 3. The van der Waals surface area contributed by atoms with Crippen LogP contribution in [0, 0.1) is 11.6 Å². The molecule has 1 aliphatic heterocycles. The summed E-state index contributed by atoms with van der Waals surface area (Å²) < 4.78 is 27.5. The maximum absolute atomic E-state index is 14.0. The summed E-state index contributed by atoms with van der Waals surface area (Å²) in [6.45, 7) is 5.64. The Kier molecular flexibility index (Phi) is 8.47. The van der Waals surface area contributed by atoms with E-state index in [-0.39, 0.29) is 30.1 Å². The number of anilines is 2. The lowest BCUT2D eigenvalue weighted by atomic mass is 10.1. The molecule has 38 heavy (non-hydrogen) atoms. The second-order valence-electron chi connectivity index (χ2n) is 8.84. The monoisotopic (exact) mass is 518 g/mol. The number of halogens is 2. The predicted molar refractivity (Wildman–Crippen MR) is 142 cm³/mol. The first-order valence-corrected chi connectivity index (χ1v) is 12.2. The molecule has 1 saturated heterocycles. The molecule has 0 bridgehead atoms. The molecule has 3 amide bonds. The first-order valence-electron chi connectivity index (χ1n) is 12.2. The molecular formula is C29H28F2N4O3. The summed E-state index contributed by atoms with van der Waals surface area (Å²) in [5, 5.41) is 2.78. The van der Waals surface area contributed by atoms with E-state index in [1.165, 1.54) is 41.3 Å². The van der Waals surface area contributed by atoms with Gasteiger partial charge in [0.05, 0.1) is 5.56 Å². The Labute approximate surface area is 220 Å². The van der Waals surface area contributed by atoms with Gasteiger partial charge in [0.2, 0.25) is 5.91 Å². The van der Waals surface area contributed by atoms with Gasteiger partial charge in [-0.25, -0.2) is 8.78 Å². The highest BCUT2D eigenvalue weighted by molar-refractivity contribution is 5.99. The predicted octanol–water partition coefficient (Wildman–Crippen LogP) is 4.19. The lowest BCUT2D eigenvalue weighted by Gasteiger charge is -2.36. The number of rotatable bonds is 8. The summed E-state index contributed by atoms with van der Waals surface area (Å²) in [6, 6.07) is 18.5. The molecule has 196 valence electrons. The van der Waals surface area contributed by atoms with Crippen LogP contribution in [0.3, 0.4) is 0 Å². The van der Waals surface area contributed by atoms with Gasteiger partial charge in [0.15, 0.2) is 0 Å². The van der Waals surface area contributed by atoms with Gasteiger partial charge in [-0.3, -0.25) is 14.4 Å². The van der Waals surface area contributed by atoms with Crippen LogP contribution >= 0.6 is 0 Å². The van der Waals surface area contributed by atoms with Gasteiger partial charge >= 0.3 is 0 Å². The molecular weight excluding hydrogens is 490 g/mol. The zero-order chi connectivity index (χ0) is 27.1. The summed E-state index contributed by atoms with van der Waals surface area (Å²) >= 11 is 0. The minimum atomic E-state index is -0.531. The molecule has 1 aliphatic rings. The Balaban J connectivity index is 1.31. The average Bonchev–Trinajstić information content (AvgIpc) is 2.93. The van der Waals surface area contributed by atoms with Crippen LogP contribution in [0.4, 0.5) is 20.2 Å². The van der Waals surface area contributed by atoms with Crippen molar-refractivity contribution in [1.82, 2.24) is 9.80 Å². The molecule has 0 atom stereocenters. The summed E-state index contributed by atoms with van der Waals surface area (Å²) in [5.74, 6) is -2.24. The van der Waals surface area contributed by atoms with E-state index in [0.717, 1.165) is 11.8 Å². The number of benzene rings is 3. The Morgan fingerprint density at radius 3 is 2.29 bits per heavy atom. The van der Waals surface area contributed by atoms with Crippen LogP contribution in [-0.2, 0) is 4.79 Å². The fourth-order valence-electron chi connectivity index (χ4n) is 4.28. The number of hydrogen-bond donors (Lipinski definition) is 1. The van der Waals surface area contributed by atoms with Crippen molar-refractivity contribution < 1.29 is 23.2 Å². The molecule has 0 radical (unpaired) electrons. The van der Waals surface area contributed by atoms with E-state index in [9.17, 15) is 23.2 Å². The Bertz CT molecular complexity index is 1320. The molecule has 9 heteroatoms. The lowest BCUT2D eigenvalue weighted by Crippen LogP contribution is -2.49. The largest absolute Gasteiger partial charge is 0.368 e. The molecule has 3 aromatic rings. The van der Waals surface area contributed by atoms with Crippen molar-refractivity contribution in [2.24, 2.45) is 0 Å². The zero-order valence-corrected chi connectivity index (χ0v) is 20.8. The van der Waals surface area contributed by atoms with E-state index in [1.54, 1.807) is 29.2 Å². The van der Waals surface area contributed by atoms with Gasteiger partial charge in [-0.05, 0) is 54.6 Å². The topological polar surface area (TPSA) is 73.0 Å². The molecule has 0 aromatic heterocycles. The first-order chi connectivity index (χ1) is 18.4. The highest BCUT2D eigenvalue weighted by atomic mass is 19.1. The first kappa shape index (κ1) is 26.5. The van der Waals surface area contributed by atoms with E-state index in [0.29, 0.717) is 31.9 Å². The van der Waals surface area contributed by atoms with Crippen LogP contribution in [0.15, 0.2) is 85.5 Å². The maximum Gasteiger partial charge on any atom is 0.256 e. The second-order valence-corrected chi connectivity index (χ2v) is 8.84. The molecule has 0 spiro atoms. The molecule has 1 fully saturated rings. The van der Waals surface area contributed by atoms with E-state index >= 15 is 0 Å². The maximum atomic E-state index is 14.0. The van der Waals surface area contributed by atoms with Crippen molar-refractivity contribution in [1.29, 1.82) is 0 Å². The number of carbonyl (C=O) groups excluding carboxylic acids is 3. The quantitative estimate of drug-likeness (QED) is 0.454. The van der Waals surface area contributed by atoms with Crippen LogP contribution in [0.2, 0.25) is 0 Å². The molecule has 3 aromatic carbocycles. The SMILES string of the molecule is C=CCN(CC(=O)Nc1ccc(N2CCN(C(=O)c3ccccc3F)CC2)cc1)C(=O)c1cccc(F)c1. The normalized spacial score (nSPS) is 13.1. The summed E-state index contributed by atoms with van der Waals surface area (Å²) in [7, 11) is 0. The van der Waals surface area contributed by atoms with E-state index < -0.39 is 23.4 Å². The van der Waals surface area contributed by atoms with Gasteiger partial charge in [0.1, 0.15) is 18.2 Å². The second kappa shape index (κ2) is 12.1.